The Morgan fingerprint density at radius 1 is 1.05 bits per heavy atom. The van der Waals surface area contributed by atoms with Crippen LogP contribution in [0.1, 0.15) is 17.5 Å². The van der Waals surface area contributed by atoms with Crippen molar-refractivity contribution in [2.75, 3.05) is 12.3 Å². The third-order valence-electron chi connectivity index (χ3n) is 3.22. The highest BCUT2D eigenvalue weighted by atomic mass is 19.1. The van der Waals surface area contributed by atoms with Crippen molar-refractivity contribution in [1.29, 1.82) is 0 Å². The number of anilines is 1. The van der Waals surface area contributed by atoms with Gasteiger partial charge in [-0.15, -0.1) is 0 Å². The molecular formula is C17H19FN2O. The SMILES string of the molecule is Nc1cccc(CCC(=O)NCCc2cccc(F)c2)c1. The number of nitrogens with two attached hydrogens (primary N) is 1. The molecule has 0 aromatic heterocycles. The predicted molar refractivity (Wildman–Crippen MR) is 82.3 cm³/mol. The van der Waals surface area contributed by atoms with Crippen LogP contribution >= 0.6 is 0 Å². The molecule has 0 heterocycles. The first-order valence-electron chi connectivity index (χ1n) is 6.99. The number of rotatable bonds is 6. The zero-order valence-electron chi connectivity index (χ0n) is 11.8. The third kappa shape index (κ3) is 5.26. The van der Waals surface area contributed by atoms with Crippen LogP contribution in [0.3, 0.4) is 0 Å². The molecule has 21 heavy (non-hydrogen) atoms. The molecule has 2 aromatic carbocycles. The number of hydrogen-bond acceptors (Lipinski definition) is 2. The second-order valence-corrected chi connectivity index (χ2v) is 4.97. The first kappa shape index (κ1) is 15.0. The Labute approximate surface area is 124 Å². The van der Waals surface area contributed by atoms with Gasteiger partial charge in [-0.1, -0.05) is 24.3 Å². The second kappa shape index (κ2) is 7.43. The van der Waals surface area contributed by atoms with Crippen molar-refractivity contribution >= 4 is 11.6 Å². The number of nitrogen functional groups attached to an aromatic ring is 1. The standard InChI is InChI=1S/C17H19FN2O/c18-15-5-1-3-14(11-15)9-10-20-17(21)8-7-13-4-2-6-16(19)12-13/h1-6,11-12H,7-10,19H2,(H,20,21). The van der Waals surface area contributed by atoms with E-state index in [1.54, 1.807) is 6.07 Å². The van der Waals surface area contributed by atoms with Gasteiger partial charge in [0.2, 0.25) is 5.91 Å². The van der Waals surface area contributed by atoms with Crippen LogP contribution in [0.25, 0.3) is 0 Å². The van der Waals surface area contributed by atoms with Crippen molar-refractivity contribution in [3.8, 4) is 0 Å². The summed E-state index contributed by atoms with van der Waals surface area (Å²) in [6.07, 6.45) is 1.71. The van der Waals surface area contributed by atoms with Gasteiger partial charge in [0.25, 0.3) is 0 Å². The fourth-order valence-corrected chi connectivity index (χ4v) is 2.13. The number of halogens is 1. The Kier molecular flexibility index (Phi) is 5.32. The van der Waals surface area contributed by atoms with E-state index in [-0.39, 0.29) is 11.7 Å². The summed E-state index contributed by atoms with van der Waals surface area (Å²) in [5, 5.41) is 2.84. The van der Waals surface area contributed by atoms with Gasteiger partial charge in [-0.05, 0) is 48.2 Å². The molecule has 0 fully saturated rings. The van der Waals surface area contributed by atoms with Gasteiger partial charge in [-0.25, -0.2) is 4.39 Å². The fourth-order valence-electron chi connectivity index (χ4n) is 2.13. The highest BCUT2D eigenvalue weighted by Gasteiger charge is 2.03. The van der Waals surface area contributed by atoms with Crippen LogP contribution in [0.15, 0.2) is 48.5 Å². The van der Waals surface area contributed by atoms with Crippen molar-refractivity contribution < 1.29 is 9.18 Å². The Morgan fingerprint density at radius 3 is 2.48 bits per heavy atom. The largest absolute Gasteiger partial charge is 0.399 e. The first-order valence-corrected chi connectivity index (χ1v) is 6.99. The van der Waals surface area contributed by atoms with Gasteiger partial charge in [0.15, 0.2) is 0 Å². The maximum absolute atomic E-state index is 13.0. The Balaban J connectivity index is 1.70. The molecule has 2 rings (SSSR count). The van der Waals surface area contributed by atoms with Gasteiger partial charge in [-0.2, -0.15) is 0 Å². The molecule has 0 aliphatic carbocycles. The van der Waals surface area contributed by atoms with Crippen molar-refractivity contribution in [3.05, 3.63) is 65.5 Å². The molecule has 0 saturated carbocycles. The fraction of sp³-hybridized carbons (Fsp3) is 0.235. The number of carbonyl (C=O) groups excluding carboxylic acids is 1. The molecule has 0 aliphatic heterocycles. The minimum atomic E-state index is -0.250. The molecule has 0 unspecified atom stereocenters. The molecule has 2 aromatic rings. The molecule has 1 amide bonds. The highest BCUT2D eigenvalue weighted by Crippen LogP contribution is 2.08. The van der Waals surface area contributed by atoms with Crippen molar-refractivity contribution in [2.24, 2.45) is 0 Å². The van der Waals surface area contributed by atoms with E-state index in [1.807, 2.05) is 30.3 Å². The zero-order chi connectivity index (χ0) is 15.1. The Morgan fingerprint density at radius 2 is 1.76 bits per heavy atom. The van der Waals surface area contributed by atoms with Crippen LogP contribution in [0, 0.1) is 5.82 Å². The number of aryl methyl sites for hydroxylation is 1. The lowest BCUT2D eigenvalue weighted by Crippen LogP contribution is -2.25. The summed E-state index contributed by atoms with van der Waals surface area (Å²) in [5.41, 5.74) is 8.33. The monoisotopic (exact) mass is 286 g/mol. The van der Waals surface area contributed by atoms with Gasteiger partial charge in [0.1, 0.15) is 5.82 Å². The maximum Gasteiger partial charge on any atom is 0.220 e. The van der Waals surface area contributed by atoms with Gasteiger partial charge in [0, 0.05) is 18.7 Å². The van der Waals surface area contributed by atoms with E-state index in [2.05, 4.69) is 5.32 Å². The Bertz CT molecular complexity index is 613. The molecule has 4 heteroatoms. The van der Waals surface area contributed by atoms with Gasteiger partial charge < -0.3 is 11.1 Å². The topological polar surface area (TPSA) is 55.1 Å². The van der Waals surface area contributed by atoms with Gasteiger partial charge in [0.05, 0.1) is 0 Å². The minimum absolute atomic E-state index is 0.00572. The van der Waals surface area contributed by atoms with E-state index in [1.165, 1.54) is 12.1 Å². The molecule has 0 bridgehead atoms. The highest BCUT2D eigenvalue weighted by molar-refractivity contribution is 5.76. The van der Waals surface area contributed by atoms with Gasteiger partial charge >= 0.3 is 0 Å². The molecule has 3 N–H and O–H groups in total. The number of benzene rings is 2. The number of carbonyl (C=O) groups is 1. The minimum Gasteiger partial charge on any atom is -0.399 e. The smallest absolute Gasteiger partial charge is 0.220 e. The molecule has 0 atom stereocenters. The predicted octanol–water partition coefficient (Wildman–Crippen LogP) is 2.70. The molecule has 110 valence electrons. The van der Waals surface area contributed by atoms with E-state index in [0.29, 0.717) is 31.5 Å². The summed E-state index contributed by atoms with van der Waals surface area (Å²) in [7, 11) is 0. The molecule has 0 saturated heterocycles. The van der Waals surface area contributed by atoms with Crippen molar-refractivity contribution in [2.45, 2.75) is 19.3 Å². The summed E-state index contributed by atoms with van der Waals surface area (Å²) < 4.78 is 13.0. The van der Waals surface area contributed by atoms with Crippen LogP contribution in [0.2, 0.25) is 0 Å². The normalized spacial score (nSPS) is 10.3. The summed E-state index contributed by atoms with van der Waals surface area (Å²) >= 11 is 0. The molecular weight excluding hydrogens is 267 g/mol. The third-order valence-corrected chi connectivity index (χ3v) is 3.22. The van der Waals surface area contributed by atoms with Crippen LogP contribution in [0.4, 0.5) is 10.1 Å². The van der Waals surface area contributed by atoms with E-state index in [4.69, 9.17) is 5.73 Å². The average molecular weight is 286 g/mol. The quantitative estimate of drug-likeness (QED) is 0.802. The molecule has 0 radical (unpaired) electrons. The first-order chi connectivity index (χ1) is 10.1. The lowest BCUT2D eigenvalue weighted by molar-refractivity contribution is -0.121. The van der Waals surface area contributed by atoms with Crippen molar-refractivity contribution in [1.82, 2.24) is 5.32 Å². The Hall–Kier alpha value is -2.36. The summed E-state index contributed by atoms with van der Waals surface area (Å²) in [5.74, 6) is -0.255. The average Bonchev–Trinajstić information content (AvgIpc) is 2.45. The molecule has 0 spiro atoms. The summed E-state index contributed by atoms with van der Waals surface area (Å²) in [6.45, 7) is 0.513. The van der Waals surface area contributed by atoms with Crippen LogP contribution < -0.4 is 11.1 Å². The van der Waals surface area contributed by atoms with E-state index in [0.717, 1.165) is 11.1 Å². The number of nitrogens with one attached hydrogen (secondary N) is 1. The zero-order valence-corrected chi connectivity index (χ0v) is 11.8. The van der Waals surface area contributed by atoms with Crippen LogP contribution in [-0.4, -0.2) is 12.5 Å². The molecule has 0 aliphatic rings. The summed E-state index contributed by atoms with van der Waals surface area (Å²) in [4.78, 5) is 11.7. The lowest BCUT2D eigenvalue weighted by atomic mass is 10.1. The van der Waals surface area contributed by atoms with Crippen LogP contribution in [0.5, 0.6) is 0 Å². The van der Waals surface area contributed by atoms with Gasteiger partial charge in [-0.3, -0.25) is 4.79 Å². The number of amides is 1. The number of hydrogen-bond donors (Lipinski definition) is 2. The van der Waals surface area contributed by atoms with Crippen molar-refractivity contribution in [3.63, 3.8) is 0 Å². The van der Waals surface area contributed by atoms with Crippen LogP contribution in [-0.2, 0) is 17.6 Å². The van der Waals surface area contributed by atoms with E-state index in [9.17, 15) is 9.18 Å². The van der Waals surface area contributed by atoms with E-state index >= 15 is 0 Å². The summed E-state index contributed by atoms with van der Waals surface area (Å²) in [6, 6.07) is 14.0. The second-order valence-electron chi connectivity index (χ2n) is 4.97. The van der Waals surface area contributed by atoms with E-state index < -0.39 is 0 Å². The maximum atomic E-state index is 13.0. The molecule has 3 nitrogen and oxygen atoms in total. The lowest BCUT2D eigenvalue weighted by Gasteiger charge is -2.06.